The zero-order chi connectivity index (χ0) is 25.1. The number of imidazole rings is 1. The fourth-order valence-electron chi connectivity index (χ4n) is 4.58. The SMILES string of the molecule is C[C@@]12OC(=O)O[C@@H]1[C@@H](CO[P@]1(=O)OCC[C@H](c3ccccn3)O1)O[C@H]2n1cnc2c(=O)[nH]c(N)nc21. The lowest BCUT2D eigenvalue weighted by atomic mass is 9.96. The standard InChI is InChI=1S/C20H21N6O9P/c1-20-14(33-19(28)34-20)12(32-17(20)26-9-23-13-15(26)24-18(21)25-16(13)27)8-31-36(29)30-7-5-11(35-36)10-4-2-3-6-22-10/h2-4,6,9,11-12,14,17H,5,7-8H2,1H3,(H3,21,24,25,27)/t11-,12-,14-,17-,20-,36+/m1/s1. The van der Waals surface area contributed by atoms with Gasteiger partial charge in [-0.2, -0.15) is 4.98 Å². The Morgan fingerprint density at radius 3 is 3.00 bits per heavy atom. The predicted molar refractivity (Wildman–Crippen MR) is 118 cm³/mol. The van der Waals surface area contributed by atoms with Crippen molar-refractivity contribution in [3.8, 4) is 0 Å². The highest BCUT2D eigenvalue weighted by atomic mass is 31.2. The molecule has 3 fully saturated rings. The molecule has 190 valence electrons. The summed E-state index contributed by atoms with van der Waals surface area (Å²) in [6, 6.07) is 5.32. The molecular formula is C20H21N6O9P. The molecule has 6 rings (SSSR count). The van der Waals surface area contributed by atoms with Crippen LogP contribution in [0.25, 0.3) is 11.2 Å². The van der Waals surface area contributed by atoms with Crippen LogP contribution < -0.4 is 11.3 Å². The Kier molecular flexibility index (Phi) is 5.35. The summed E-state index contributed by atoms with van der Waals surface area (Å²) in [6.07, 6.45) is -1.01. The predicted octanol–water partition coefficient (Wildman–Crippen LogP) is 1.59. The number of rotatable bonds is 5. The van der Waals surface area contributed by atoms with Gasteiger partial charge < -0.3 is 19.9 Å². The molecule has 0 radical (unpaired) electrons. The molecule has 0 unspecified atom stereocenters. The summed E-state index contributed by atoms with van der Waals surface area (Å²) in [7, 11) is -3.99. The summed E-state index contributed by atoms with van der Waals surface area (Å²) < 4.78 is 48.1. The number of phosphoric ester groups is 1. The molecule has 3 aromatic rings. The Balaban J connectivity index is 1.25. The van der Waals surface area contributed by atoms with E-state index in [1.807, 2.05) is 0 Å². The minimum atomic E-state index is -3.99. The third-order valence-electron chi connectivity index (χ3n) is 6.23. The van der Waals surface area contributed by atoms with Gasteiger partial charge >= 0.3 is 14.0 Å². The molecule has 0 aliphatic carbocycles. The zero-order valence-electron chi connectivity index (χ0n) is 18.8. The highest BCUT2D eigenvalue weighted by Gasteiger charge is 2.64. The Bertz CT molecular complexity index is 1430. The number of pyridine rings is 1. The highest BCUT2D eigenvalue weighted by molar-refractivity contribution is 7.48. The Hall–Kier alpha value is -3.36. The van der Waals surface area contributed by atoms with Gasteiger partial charge in [-0.15, -0.1) is 0 Å². The average Bonchev–Trinajstić information content (AvgIpc) is 3.47. The fourth-order valence-corrected chi connectivity index (χ4v) is 5.96. The van der Waals surface area contributed by atoms with Gasteiger partial charge in [-0.1, -0.05) is 6.07 Å². The number of hydrogen-bond donors (Lipinski definition) is 2. The number of carbonyl (C=O) groups excluding carboxylic acids is 1. The molecule has 15 nitrogen and oxygen atoms in total. The van der Waals surface area contributed by atoms with E-state index in [2.05, 4.69) is 19.9 Å². The number of phosphoric acid groups is 1. The first-order chi connectivity index (χ1) is 17.3. The monoisotopic (exact) mass is 520 g/mol. The molecule has 0 saturated carbocycles. The van der Waals surface area contributed by atoms with Crippen molar-refractivity contribution in [3.63, 3.8) is 0 Å². The Morgan fingerprint density at radius 1 is 1.33 bits per heavy atom. The van der Waals surface area contributed by atoms with Gasteiger partial charge in [-0.25, -0.2) is 14.3 Å². The van der Waals surface area contributed by atoms with E-state index in [1.165, 1.54) is 10.9 Å². The van der Waals surface area contributed by atoms with Crippen LogP contribution in [0.2, 0.25) is 0 Å². The average molecular weight is 520 g/mol. The van der Waals surface area contributed by atoms with Crippen molar-refractivity contribution in [2.45, 2.75) is 43.5 Å². The van der Waals surface area contributed by atoms with Crippen LogP contribution in [0.3, 0.4) is 0 Å². The number of anilines is 1. The van der Waals surface area contributed by atoms with Gasteiger partial charge in [0.25, 0.3) is 5.56 Å². The zero-order valence-corrected chi connectivity index (χ0v) is 19.7. The minimum absolute atomic E-state index is 0.0203. The van der Waals surface area contributed by atoms with Gasteiger partial charge in [0, 0.05) is 12.6 Å². The van der Waals surface area contributed by atoms with E-state index < -0.39 is 49.7 Å². The number of nitrogen functional groups attached to an aromatic ring is 1. The second-order valence-corrected chi connectivity index (χ2v) is 10.2. The molecule has 3 aliphatic rings. The number of H-pyrrole nitrogens is 1. The van der Waals surface area contributed by atoms with Gasteiger partial charge in [0.2, 0.25) is 5.95 Å². The number of nitrogens with two attached hydrogens (primary N) is 1. The summed E-state index contributed by atoms with van der Waals surface area (Å²) in [4.78, 5) is 39.1. The molecule has 3 saturated heterocycles. The Morgan fingerprint density at radius 2 is 2.19 bits per heavy atom. The van der Waals surface area contributed by atoms with Crippen molar-refractivity contribution in [2.24, 2.45) is 0 Å². The molecule has 3 aromatic heterocycles. The van der Waals surface area contributed by atoms with E-state index in [-0.39, 0.29) is 30.3 Å². The molecule has 6 heterocycles. The Labute approximate surface area is 202 Å². The topological polar surface area (TPSA) is 192 Å². The lowest BCUT2D eigenvalue weighted by molar-refractivity contribution is -0.0926. The molecule has 6 atom stereocenters. The lowest BCUT2D eigenvalue weighted by Gasteiger charge is -2.29. The van der Waals surface area contributed by atoms with Crippen molar-refractivity contribution >= 4 is 31.1 Å². The number of carbonyl (C=O) groups is 1. The van der Waals surface area contributed by atoms with Crippen LogP contribution in [0.15, 0.2) is 35.5 Å². The second kappa shape index (κ2) is 8.35. The van der Waals surface area contributed by atoms with Crippen molar-refractivity contribution in [1.29, 1.82) is 0 Å². The summed E-state index contributed by atoms with van der Waals surface area (Å²) >= 11 is 0. The van der Waals surface area contributed by atoms with Crippen LogP contribution in [-0.2, 0) is 32.3 Å². The molecule has 0 bridgehead atoms. The van der Waals surface area contributed by atoms with Gasteiger partial charge in [-0.3, -0.25) is 32.9 Å². The third kappa shape index (κ3) is 3.76. The molecule has 0 aromatic carbocycles. The van der Waals surface area contributed by atoms with Crippen molar-refractivity contribution < 1.29 is 37.1 Å². The summed E-state index contributed by atoms with van der Waals surface area (Å²) in [5.41, 5.74) is 4.55. The van der Waals surface area contributed by atoms with Crippen molar-refractivity contribution in [2.75, 3.05) is 18.9 Å². The smallest absolute Gasteiger partial charge is 0.424 e. The number of fused-ring (bicyclic) bond motifs is 2. The normalized spacial score (nSPS) is 33.9. The summed E-state index contributed by atoms with van der Waals surface area (Å²) in [5, 5.41) is 0. The maximum absolute atomic E-state index is 13.2. The van der Waals surface area contributed by atoms with Gasteiger partial charge in [-0.05, 0) is 19.1 Å². The maximum Gasteiger partial charge on any atom is 0.509 e. The molecule has 16 heteroatoms. The van der Waals surface area contributed by atoms with E-state index in [4.69, 9.17) is 33.5 Å². The second-order valence-electron chi connectivity index (χ2n) is 8.59. The number of aromatic nitrogens is 5. The van der Waals surface area contributed by atoms with Crippen LogP contribution in [0.5, 0.6) is 0 Å². The van der Waals surface area contributed by atoms with Gasteiger partial charge in [0.15, 0.2) is 29.1 Å². The number of nitrogens with one attached hydrogen (secondary N) is 1. The molecular weight excluding hydrogens is 499 g/mol. The first-order valence-corrected chi connectivity index (χ1v) is 12.5. The number of ether oxygens (including phenoxy) is 3. The highest BCUT2D eigenvalue weighted by Crippen LogP contribution is 2.57. The first kappa shape index (κ1) is 23.1. The largest absolute Gasteiger partial charge is 0.509 e. The molecule has 0 spiro atoms. The van der Waals surface area contributed by atoms with Crippen LogP contribution in [0.4, 0.5) is 10.7 Å². The number of hydrogen-bond acceptors (Lipinski definition) is 13. The third-order valence-corrected chi connectivity index (χ3v) is 7.70. The quantitative estimate of drug-likeness (QED) is 0.364. The first-order valence-electron chi connectivity index (χ1n) is 11.0. The van der Waals surface area contributed by atoms with Crippen molar-refractivity contribution in [1.82, 2.24) is 24.5 Å². The van der Waals surface area contributed by atoms with Crippen LogP contribution in [-0.4, -0.2) is 61.7 Å². The maximum atomic E-state index is 13.2. The number of nitrogens with zero attached hydrogens (tertiary/aromatic N) is 4. The lowest BCUT2D eigenvalue weighted by Crippen LogP contribution is -2.42. The molecule has 36 heavy (non-hydrogen) atoms. The van der Waals surface area contributed by atoms with Crippen molar-refractivity contribution in [3.05, 3.63) is 46.8 Å². The van der Waals surface area contributed by atoms with E-state index >= 15 is 0 Å². The minimum Gasteiger partial charge on any atom is -0.424 e. The van der Waals surface area contributed by atoms with E-state index in [1.54, 1.807) is 31.3 Å². The summed E-state index contributed by atoms with van der Waals surface area (Å²) in [6.45, 7) is 1.42. The van der Waals surface area contributed by atoms with E-state index in [0.29, 0.717) is 12.1 Å². The van der Waals surface area contributed by atoms with E-state index in [9.17, 15) is 14.2 Å². The van der Waals surface area contributed by atoms with Gasteiger partial charge in [0.1, 0.15) is 12.2 Å². The number of aromatic amines is 1. The molecule has 0 amide bonds. The fraction of sp³-hybridized carbons (Fsp3) is 0.450. The molecule has 3 aliphatic heterocycles. The summed E-state index contributed by atoms with van der Waals surface area (Å²) in [5.74, 6) is -0.124. The van der Waals surface area contributed by atoms with Crippen LogP contribution in [0, 0.1) is 0 Å². The van der Waals surface area contributed by atoms with Crippen LogP contribution >= 0.6 is 7.82 Å². The van der Waals surface area contributed by atoms with E-state index in [0.717, 1.165) is 0 Å². The van der Waals surface area contributed by atoms with Gasteiger partial charge in [0.05, 0.1) is 25.2 Å². The molecule has 3 N–H and O–H groups in total. The van der Waals surface area contributed by atoms with Crippen LogP contribution in [0.1, 0.15) is 31.4 Å².